The average molecular weight is 308 g/mol. The highest BCUT2D eigenvalue weighted by atomic mass is 31.2. The Morgan fingerprint density at radius 3 is 2.33 bits per heavy atom. The summed E-state index contributed by atoms with van der Waals surface area (Å²) in [4.78, 5) is 0. The fraction of sp³-hybridized carbons (Fsp3) is 0.250. The molecule has 0 amide bonds. The third kappa shape index (κ3) is 3.59. The molecule has 0 heterocycles. The smallest absolute Gasteiger partial charge is 0.312 e. The quantitative estimate of drug-likeness (QED) is 0.745. The minimum Gasteiger partial charge on any atom is -0.312 e. The highest BCUT2D eigenvalue weighted by molar-refractivity contribution is 7.52. The zero-order valence-corrected chi connectivity index (χ0v) is 13.2. The van der Waals surface area contributed by atoms with Crippen molar-refractivity contribution in [2.45, 2.75) is 13.1 Å². The largest absolute Gasteiger partial charge is 0.334 e. The lowest BCUT2D eigenvalue weighted by molar-refractivity contribution is 0.275. The lowest BCUT2D eigenvalue weighted by atomic mass is 9.98. The molecule has 0 atom stereocenters. The van der Waals surface area contributed by atoms with Crippen molar-refractivity contribution in [2.75, 3.05) is 14.2 Å². The summed E-state index contributed by atoms with van der Waals surface area (Å²) in [5.41, 5.74) is 2.93. The molecule has 0 aliphatic carbocycles. The van der Waals surface area contributed by atoms with Crippen LogP contribution in [0, 0.1) is 12.7 Å². The molecule has 0 aliphatic heterocycles. The maximum atomic E-state index is 14.0. The summed E-state index contributed by atoms with van der Waals surface area (Å²) in [6, 6.07) is 12.1. The van der Waals surface area contributed by atoms with Crippen LogP contribution in [0.5, 0.6) is 0 Å². The van der Waals surface area contributed by atoms with Crippen LogP contribution in [0.25, 0.3) is 11.1 Å². The Balaban J connectivity index is 2.53. The highest BCUT2D eigenvalue weighted by Crippen LogP contribution is 2.51. The van der Waals surface area contributed by atoms with Gasteiger partial charge in [-0.25, -0.2) is 4.39 Å². The zero-order chi connectivity index (χ0) is 15.5. The van der Waals surface area contributed by atoms with E-state index in [0.29, 0.717) is 11.1 Å². The summed E-state index contributed by atoms with van der Waals surface area (Å²) in [5.74, 6) is -0.313. The van der Waals surface area contributed by atoms with E-state index < -0.39 is 7.60 Å². The maximum Gasteiger partial charge on any atom is 0.334 e. The molecule has 0 fully saturated rings. The summed E-state index contributed by atoms with van der Waals surface area (Å²) in [5, 5.41) is 0. The van der Waals surface area contributed by atoms with Crippen LogP contribution >= 0.6 is 7.60 Å². The monoisotopic (exact) mass is 308 g/mol. The number of rotatable bonds is 5. The van der Waals surface area contributed by atoms with E-state index in [9.17, 15) is 8.96 Å². The Labute approximate surface area is 124 Å². The van der Waals surface area contributed by atoms with Crippen molar-refractivity contribution in [3.63, 3.8) is 0 Å². The highest BCUT2D eigenvalue weighted by Gasteiger charge is 2.24. The number of hydrogen-bond acceptors (Lipinski definition) is 3. The molecule has 0 spiro atoms. The van der Waals surface area contributed by atoms with Crippen molar-refractivity contribution >= 4 is 7.60 Å². The second-order valence-corrected chi connectivity index (χ2v) is 7.04. The van der Waals surface area contributed by atoms with Crippen molar-refractivity contribution in [1.82, 2.24) is 0 Å². The van der Waals surface area contributed by atoms with E-state index in [4.69, 9.17) is 9.05 Å². The van der Waals surface area contributed by atoms with Gasteiger partial charge in [0.1, 0.15) is 5.82 Å². The Morgan fingerprint density at radius 2 is 1.71 bits per heavy atom. The summed E-state index contributed by atoms with van der Waals surface area (Å²) < 4.78 is 36.4. The van der Waals surface area contributed by atoms with Gasteiger partial charge in [0.15, 0.2) is 0 Å². The van der Waals surface area contributed by atoms with Crippen molar-refractivity contribution < 1.29 is 18.0 Å². The van der Waals surface area contributed by atoms with E-state index in [1.54, 1.807) is 18.2 Å². The molecule has 2 aromatic rings. The SMILES string of the molecule is COP(=O)(Cc1cc(C)ccc1-c1ccccc1F)OC. The molecule has 0 unspecified atom stereocenters. The van der Waals surface area contributed by atoms with Crippen molar-refractivity contribution in [3.05, 3.63) is 59.4 Å². The Hall–Kier alpha value is -1.48. The van der Waals surface area contributed by atoms with Crippen LogP contribution in [0.2, 0.25) is 0 Å². The molecule has 5 heteroatoms. The predicted molar refractivity (Wildman–Crippen MR) is 81.9 cm³/mol. The summed E-state index contributed by atoms with van der Waals surface area (Å²) in [6.45, 7) is 1.93. The average Bonchev–Trinajstić information content (AvgIpc) is 2.48. The van der Waals surface area contributed by atoms with E-state index >= 15 is 0 Å². The summed E-state index contributed by atoms with van der Waals surface area (Å²) >= 11 is 0. The van der Waals surface area contributed by atoms with E-state index in [1.807, 2.05) is 25.1 Å². The fourth-order valence-corrected chi connectivity index (χ4v) is 3.29. The first kappa shape index (κ1) is 15.9. The molecule has 2 aromatic carbocycles. The molecule has 0 aliphatic rings. The Kier molecular flexibility index (Phi) is 4.94. The molecular formula is C16H18FO3P. The van der Waals surface area contributed by atoms with Crippen LogP contribution in [0.15, 0.2) is 42.5 Å². The number of halogens is 1. The molecule has 0 saturated carbocycles. The van der Waals surface area contributed by atoms with Gasteiger partial charge in [0.05, 0.1) is 6.16 Å². The Morgan fingerprint density at radius 1 is 1.05 bits per heavy atom. The lowest BCUT2D eigenvalue weighted by Gasteiger charge is -2.17. The van der Waals surface area contributed by atoms with E-state index in [2.05, 4.69) is 0 Å². The number of benzene rings is 2. The third-order valence-electron chi connectivity index (χ3n) is 3.35. The van der Waals surface area contributed by atoms with Crippen LogP contribution in [0.4, 0.5) is 4.39 Å². The minimum atomic E-state index is -3.21. The predicted octanol–water partition coefficient (Wildman–Crippen LogP) is 4.79. The number of aryl methyl sites for hydroxylation is 1. The summed E-state index contributed by atoms with van der Waals surface area (Å²) in [6.07, 6.45) is 0.103. The molecule has 2 rings (SSSR count). The molecule has 0 saturated heterocycles. The second kappa shape index (κ2) is 6.52. The van der Waals surface area contributed by atoms with E-state index in [1.165, 1.54) is 20.3 Å². The fourth-order valence-electron chi connectivity index (χ4n) is 2.21. The maximum absolute atomic E-state index is 14.0. The first-order valence-corrected chi connectivity index (χ1v) is 8.27. The molecule has 3 nitrogen and oxygen atoms in total. The van der Waals surface area contributed by atoms with Crippen LogP contribution in [0.3, 0.4) is 0 Å². The standard InChI is InChI=1S/C16H18FO3P/c1-12-8-9-14(15-6-4-5-7-16(15)17)13(10-12)11-21(18,19-2)20-3/h4-10H,11H2,1-3H3. The topological polar surface area (TPSA) is 35.5 Å². The normalized spacial score (nSPS) is 11.6. The van der Waals surface area contributed by atoms with Gasteiger partial charge in [-0.05, 0) is 24.1 Å². The van der Waals surface area contributed by atoms with Gasteiger partial charge in [-0.15, -0.1) is 0 Å². The van der Waals surface area contributed by atoms with Crippen molar-refractivity contribution in [3.8, 4) is 11.1 Å². The van der Waals surface area contributed by atoms with Gasteiger partial charge < -0.3 is 9.05 Å². The molecule has 21 heavy (non-hydrogen) atoms. The van der Waals surface area contributed by atoms with Crippen LogP contribution < -0.4 is 0 Å². The van der Waals surface area contributed by atoms with Crippen LogP contribution in [-0.2, 0) is 19.8 Å². The molecular weight excluding hydrogens is 290 g/mol. The first-order chi connectivity index (χ1) is 9.99. The zero-order valence-electron chi connectivity index (χ0n) is 12.3. The lowest BCUT2D eigenvalue weighted by Crippen LogP contribution is -1.97. The van der Waals surface area contributed by atoms with Crippen LogP contribution in [0.1, 0.15) is 11.1 Å². The number of hydrogen-bond donors (Lipinski definition) is 0. The molecule has 0 N–H and O–H groups in total. The van der Waals surface area contributed by atoms with E-state index in [0.717, 1.165) is 11.1 Å². The second-order valence-electron chi connectivity index (χ2n) is 4.77. The molecule has 112 valence electrons. The minimum absolute atomic E-state index is 0.103. The molecule has 0 aromatic heterocycles. The molecule has 0 radical (unpaired) electrons. The van der Waals surface area contributed by atoms with Gasteiger partial charge in [-0.3, -0.25) is 4.57 Å². The van der Waals surface area contributed by atoms with Crippen molar-refractivity contribution in [2.24, 2.45) is 0 Å². The van der Waals surface area contributed by atoms with Crippen LogP contribution in [-0.4, -0.2) is 14.2 Å². The van der Waals surface area contributed by atoms with Gasteiger partial charge in [-0.1, -0.05) is 42.0 Å². The molecule has 0 bridgehead atoms. The van der Waals surface area contributed by atoms with Gasteiger partial charge >= 0.3 is 7.60 Å². The van der Waals surface area contributed by atoms with Gasteiger partial charge in [-0.2, -0.15) is 0 Å². The van der Waals surface area contributed by atoms with Crippen molar-refractivity contribution in [1.29, 1.82) is 0 Å². The third-order valence-corrected chi connectivity index (χ3v) is 5.19. The van der Waals surface area contributed by atoms with Gasteiger partial charge in [0, 0.05) is 19.8 Å². The van der Waals surface area contributed by atoms with Gasteiger partial charge in [0.2, 0.25) is 0 Å². The van der Waals surface area contributed by atoms with E-state index in [-0.39, 0.29) is 12.0 Å². The Bertz CT molecular complexity index is 677. The first-order valence-electron chi connectivity index (χ1n) is 6.54. The summed E-state index contributed by atoms with van der Waals surface area (Å²) in [7, 11) is -0.508. The van der Waals surface area contributed by atoms with Gasteiger partial charge in [0.25, 0.3) is 0 Å².